The minimum Gasteiger partial charge on any atom is -0.339 e. The van der Waals surface area contributed by atoms with E-state index in [9.17, 15) is 4.79 Å². The number of aryl methyl sites for hydroxylation is 2. The Balaban J connectivity index is 1.99. The zero-order valence-corrected chi connectivity index (χ0v) is 15.1. The van der Waals surface area contributed by atoms with Crippen LogP contribution in [0.4, 0.5) is 0 Å². The highest BCUT2D eigenvalue weighted by atomic mass is 35.5. The van der Waals surface area contributed by atoms with Crippen LogP contribution in [0.15, 0.2) is 12.3 Å². The quantitative estimate of drug-likeness (QED) is 0.814. The van der Waals surface area contributed by atoms with Gasteiger partial charge < -0.3 is 4.90 Å². The van der Waals surface area contributed by atoms with Crippen LogP contribution in [-0.4, -0.2) is 37.4 Å². The van der Waals surface area contributed by atoms with Crippen LogP contribution in [0.1, 0.15) is 30.9 Å². The van der Waals surface area contributed by atoms with Crippen LogP contribution in [0.5, 0.6) is 0 Å². The second-order valence-electron chi connectivity index (χ2n) is 5.93. The van der Waals surface area contributed by atoms with Crippen molar-refractivity contribution >= 4 is 17.5 Å². The predicted octanol–water partition coefficient (Wildman–Crippen LogP) is 2.66. The van der Waals surface area contributed by atoms with Gasteiger partial charge in [0.05, 0.1) is 41.1 Å². The zero-order valence-electron chi connectivity index (χ0n) is 14.4. The molecular weight excluding hydrogens is 314 g/mol. The van der Waals surface area contributed by atoms with E-state index in [2.05, 4.69) is 10.2 Å². The number of nitrogens with zero attached hydrogens (tertiary/aromatic N) is 5. The van der Waals surface area contributed by atoms with Gasteiger partial charge >= 0.3 is 0 Å². The molecule has 0 saturated heterocycles. The third kappa shape index (κ3) is 3.93. The van der Waals surface area contributed by atoms with Gasteiger partial charge in [-0.2, -0.15) is 10.2 Å². The van der Waals surface area contributed by atoms with Gasteiger partial charge in [0, 0.05) is 19.8 Å². The monoisotopic (exact) mass is 337 g/mol. The first-order valence-electron chi connectivity index (χ1n) is 7.80. The molecule has 1 unspecified atom stereocenters. The maximum Gasteiger partial charge on any atom is 0.227 e. The summed E-state index contributed by atoms with van der Waals surface area (Å²) in [7, 11) is 1.80. The maximum absolute atomic E-state index is 12.5. The molecule has 1 atom stereocenters. The Bertz CT molecular complexity index is 691. The summed E-state index contributed by atoms with van der Waals surface area (Å²) in [5.41, 5.74) is 2.58. The number of aromatic nitrogens is 4. The lowest BCUT2D eigenvalue weighted by atomic mass is 10.1. The molecule has 0 aliphatic rings. The Morgan fingerprint density at radius 3 is 2.61 bits per heavy atom. The molecule has 2 rings (SSSR count). The van der Waals surface area contributed by atoms with Crippen molar-refractivity contribution in [1.82, 2.24) is 24.5 Å². The molecule has 0 aliphatic carbocycles. The van der Waals surface area contributed by atoms with Crippen molar-refractivity contribution in [1.29, 1.82) is 0 Å². The number of carbonyl (C=O) groups excluding carboxylic acids is 1. The number of rotatable bonds is 6. The molecule has 2 aromatic heterocycles. The van der Waals surface area contributed by atoms with E-state index >= 15 is 0 Å². The molecule has 7 heteroatoms. The van der Waals surface area contributed by atoms with E-state index < -0.39 is 0 Å². The highest BCUT2D eigenvalue weighted by Gasteiger charge is 2.21. The Morgan fingerprint density at radius 2 is 2.09 bits per heavy atom. The number of amides is 1. The van der Waals surface area contributed by atoms with Gasteiger partial charge in [-0.1, -0.05) is 18.5 Å². The number of hydrogen-bond acceptors (Lipinski definition) is 3. The summed E-state index contributed by atoms with van der Waals surface area (Å²) in [5, 5.41) is 9.47. The SMILES string of the molecule is CCn1ccc(CN(C)C(=O)C(C)Cn2nc(C)c(Cl)c2C)n1. The van der Waals surface area contributed by atoms with Gasteiger partial charge in [0.25, 0.3) is 0 Å². The van der Waals surface area contributed by atoms with E-state index in [-0.39, 0.29) is 11.8 Å². The average Bonchev–Trinajstić information content (AvgIpc) is 3.07. The van der Waals surface area contributed by atoms with E-state index in [1.54, 1.807) is 16.6 Å². The van der Waals surface area contributed by atoms with Gasteiger partial charge in [-0.25, -0.2) is 0 Å². The van der Waals surface area contributed by atoms with Crippen LogP contribution in [0.2, 0.25) is 5.02 Å². The molecule has 6 nitrogen and oxygen atoms in total. The predicted molar refractivity (Wildman–Crippen MR) is 90.3 cm³/mol. The minimum absolute atomic E-state index is 0.0692. The van der Waals surface area contributed by atoms with Crippen molar-refractivity contribution < 1.29 is 4.79 Å². The molecule has 0 N–H and O–H groups in total. The van der Waals surface area contributed by atoms with E-state index in [0.717, 1.165) is 23.6 Å². The first kappa shape index (κ1) is 17.5. The fraction of sp³-hybridized carbons (Fsp3) is 0.562. The molecule has 2 heterocycles. The van der Waals surface area contributed by atoms with E-state index in [1.807, 2.05) is 44.6 Å². The zero-order chi connectivity index (χ0) is 17.1. The Hall–Kier alpha value is -1.82. The standard InChI is InChI=1S/C16H24ClN5O/c1-6-21-8-7-14(19-21)10-20(5)16(23)11(2)9-22-13(4)15(17)12(3)18-22/h7-8,11H,6,9-10H2,1-5H3. The van der Waals surface area contributed by atoms with E-state index in [1.165, 1.54) is 0 Å². The minimum atomic E-state index is -0.178. The van der Waals surface area contributed by atoms with Gasteiger partial charge in [0.2, 0.25) is 5.91 Å². The largest absolute Gasteiger partial charge is 0.339 e. The van der Waals surface area contributed by atoms with Gasteiger partial charge in [-0.15, -0.1) is 0 Å². The average molecular weight is 338 g/mol. The third-order valence-corrected chi connectivity index (χ3v) is 4.50. The van der Waals surface area contributed by atoms with Gasteiger partial charge in [0.1, 0.15) is 0 Å². The molecular formula is C16H24ClN5O. The summed E-state index contributed by atoms with van der Waals surface area (Å²) in [4.78, 5) is 14.3. The molecule has 0 saturated carbocycles. The molecule has 0 radical (unpaired) electrons. The maximum atomic E-state index is 12.5. The molecule has 0 fully saturated rings. The Kier molecular flexibility index (Phi) is 5.46. The molecule has 0 spiro atoms. The van der Waals surface area contributed by atoms with Gasteiger partial charge in [-0.05, 0) is 26.8 Å². The lowest BCUT2D eigenvalue weighted by Gasteiger charge is -2.21. The summed E-state index contributed by atoms with van der Waals surface area (Å²) in [5.74, 6) is -0.109. The van der Waals surface area contributed by atoms with E-state index in [4.69, 9.17) is 11.6 Å². The first-order valence-corrected chi connectivity index (χ1v) is 8.18. The van der Waals surface area contributed by atoms with Crippen molar-refractivity contribution in [2.45, 2.75) is 47.3 Å². The van der Waals surface area contributed by atoms with Crippen LogP contribution in [0, 0.1) is 19.8 Å². The lowest BCUT2D eigenvalue weighted by Crippen LogP contribution is -2.33. The summed E-state index contributed by atoms with van der Waals surface area (Å²) >= 11 is 6.16. The fourth-order valence-electron chi connectivity index (χ4n) is 2.55. The van der Waals surface area contributed by atoms with Crippen LogP contribution in [0.25, 0.3) is 0 Å². The summed E-state index contributed by atoms with van der Waals surface area (Å²) < 4.78 is 3.66. The van der Waals surface area contributed by atoms with Crippen molar-refractivity contribution in [2.75, 3.05) is 7.05 Å². The van der Waals surface area contributed by atoms with Crippen molar-refractivity contribution in [3.05, 3.63) is 34.4 Å². The fourth-order valence-corrected chi connectivity index (χ4v) is 2.69. The third-order valence-electron chi connectivity index (χ3n) is 3.96. The molecule has 126 valence electrons. The Morgan fingerprint density at radius 1 is 1.39 bits per heavy atom. The van der Waals surface area contributed by atoms with E-state index in [0.29, 0.717) is 18.1 Å². The van der Waals surface area contributed by atoms with Gasteiger partial charge in [0.15, 0.2) is 0 Å². The summed E-state index contributed by atoms with van der Waals surface area (Å²) in [6.45, 7) is 9.59. The van der Waals surface area contributed by atoms with Crippen molar-refractivity contribution in [2.24, 2.45) is 5.92 Å². The molecule has 0 bridgehead atoms. The normalized spacial score (nSPS) is 12.4. The smallest absolute Gasteiger partial charge is 0.227 e. The van der Waals surface area contributed by atoms with Crippen LogP contribution in [0.3, 0.4) is 0 Å². The van der Waals surface area contributed by atoms with Crippen LogP contribution >= 0.6 is 11.6 Å². The topological polar surface area (TPSA) is 56.0 Å². The molecule has 0 aliphatic heterocycles. The highest BCUT2D eigenvalue weighted by Crippen LogP contribution is 2.20. The molecule has 23 heavy (non-hydrogen) atoms. The number of halogens is 1. The van der Waals surface area contributed by atoms with Gasteiger partial charge in [-0.3, -0.25) is 14.2 Å². The lowest BCUT2D eigenvalue weighted by molar-refractivity contribution is -0.134. The van der Waals surface area contributed by atoms with Crippen LogP contribution < -0.4 is 0 Å². The summed E-state index contributed by atoms with van der Waals surface area (Å²) in [6.07, 6.45) is 1.93. The van der Waals surface area contributed by atoms with Crippen molar-refractivity contribution in [3.63, 3.8) is 0 Å². The molecule has 2 aromatic rings. The Labute approximate surface area is 142 Å². The summed E-state index contributed by atoms with van der Waals surface area (Å²) in [6, 6.07) is 1.94. The number of hydrogen-bond donors (Lipinski definition) is 0. The second kappa shape index (κ2) is 7.17. The van der Waals surface area contributed by atoms with Crippen LogP contribution in [-0.2, 0) is 24.4 Å². The van der Waals surface area contributed by atoms with Crippen molar-refractivity contribution in [3.8, 4) is 0 Å². The first-order chi connectivity index (χ1) is 10.8. The second-order valence-corrected chi connectivity index (χ2v) is 6.30. The molecule has 0 aromatic carbocycles. The molecule has 1 amide bonds. The number of carbonyl (C=O) groups is 1. The highest BCUT2D eigenvalue weighted by molar-refractivity contribution is 6.31.